The van der Waals surface area contributed by atoms with E-state index in [0.29, 0.717) is 12.0 Å². The van der Waals surface area contributed by atoms with Crippen LogP contribution in [0.15, 0.2) is 48.8 Å². The summed E-state index contributed by atoms with van der Waals surface area (Å²) < 4.78 is 0. The number of pyridine rings is 1. The van der Waals surface area contributed by atoms with Crippen molar-refractivity contribution in [3.05, 3.63) is 65.5 Å². The van der Waals surface area contributed by atoms with Crippen molar-refractivity contribution in [2.24, 2.45) is 0 Å². The van der Waals surface area contributed by atoms with E-state index in [9.17, 15) is 0 Å². The summed E-state index contributed by atoms with van der Waals surface area (Å²) in [5.74, 6) is 0.698. The standard InChI is InChI=1S/C16H18N2/c1-12-7-13(10-17-9-12)11-18-16-8-15(16)14-5-3-2-4-6-14/h2-7,9-10,15-16,18H,8,11H2,1H3. The minimum absolute atomic E-state index is 0.632. The topological polar surface area (TPSA) is 24.9 Å². The Morgan fingerprint density at radius 1 is 1.22 bits per heavy atom. The first kappa shape index (κ1) is 11.4. The molecule has 1 aromatic carbocycles. The first-order valence-electron chi connectivity index (χ1n) is 6.52. The normalized spacial score (nSPS) is 21.8. The average molecular weight is 238 g/mol. The van der Waals surface area contributed by atoms with Gasteiger partial charge in [0, 0.05) is 30.9 Å². The Bertz CT molecular complexity index is 522. The van der Waals surface area contributed by atoms with Crippen molar-refractivity contribution in [1.82, 2.24) is 10.3 Å². The van der Waals surface area contributed by atoms with Crippen LogP contribution in [0.25, 0.3) is 0 Å². The van der Waals surface area contributed by atoms with Gasteiger partial charge in [-0.05, 0) is 30.0 Å². The van der Waals surface area contributed by atoms with E-state index in [1.54, 1.807) is 0 Å². The van der Waals surface area contributed by atoms with Crippen LogP contribution in [0.3, 0.4) is 0 Å². The summed E-state index contributed by atoms with van der Waals surface area (Å²) in [6.45, 7) is 3.00. The lowest BCUT2D eigenvalue weighted by Crippen LogP contribution is -2.17. The van der Waals surface area contributed by atoms with Gasteiger partial charge in [0.2, 0.25) is 0 Å². The molecule has 0 bridgehead atoms. The summed E-state index contributed by atoms with van der Waals surface area (Å²) in [6, 6.07) is 13.6. The van der Waals surface area contributed by atoms with Gasteiger partial charge in [-0.25, -0.2) is 0 Å². The summed E-state index contributed by atoms with van der Waals surface area (Å²) in [5.41, 5.74) is 3.95. The van der Waals surface area contributed by atoms with Gasteiger partial charge in [-0.3, -0.25) is 4.98 Å². The zero-order valence-corrected chi connectivity index (χ0v) is 10.6. The van der Waals surface area contributed by atoms with Crippen LogP contribution < -0.4 is 5.32 Å². The maximum Gasteiger partial charge on any atom is 0.0313 e. The van der Waals surface area contributed by atoms with Gasteiger partial charge in [0.05, 0.1) is 0 Å². The van der Waals surface area contributed by atoms with Crippen LogP contribution in [0.1, 0.15) is 29.0 Å². The number of nitrogens with one attached hydrogen (secondary N) is 1. The lowest BCUT2D eigenvalue weighted by molar-refractivity contribution is 0.670. The van der Waals surface area contributed by atoms with E-state index in [4.69, 9.17) is 0 Å². The van der Waals surface area contributed by atoms with Gasteiger partial charge in [-0.1, -0.05) is 36.4 Å². The Balaban J connectivity index is 1.55. The van der Waals surface area contributed by atoms with Crippen LogP contribution in [0.2, 0.25) is 0 Å². The van der Waals surface area contributed by atoms with Gasteiger partial charge in [-0.2, -0.15) is 0 Å². The molecule has 3 rings (SSSR count). The lowest BCUT2D eigenvalue weighted by atomic mass is 10.1. The molecule has 2 nitrogen and oxygen atoms in total. The average Bonchev–Trinajstić information content (AvgIpc) is 3.17. The van der Waals surface area contributed by atoms with E-state index < -0.39 is 0 Å². The van der Waals surface area contributed by atoms with Crippen LogP contribution in [-0.2, 0) is 6.54 Å². The molecule has 1 N–H and O–H groups in total. The van der Waals surface area contributed by atoms with Crippen molar-refractivity contribution in [2.45, 2.75) is 31.8 Å². The van der Waals surface area contributed by atoms with Crippen molar-refractivity contribution in [1.29, 1.82) is 0 Å². The Kier molecular flexibility index (Phi) is 3.11. The maximum absolute atomic E-state index is 4.22. The van der Waals surface area contributed by atoms with Crippen molar-refractivity contribution in [2.75, 3.05) is 0 Å². The SMILES string of the molecule is Cc1cncc(CNC2CC2c2ccccc2)c1. The van der Waals surface area contributed by atoms with Gasteiger partial charge < -0.3 is 5.32 Å². The van der Waals surface area contributed by atoms with Gasteiger partial charge >= 0.3 is 0 Å². The summed E-state index contributed by atoms with van der Waals surface area (Å²) in [4.78, 5) is 4.22. The molecule has 0 radical (unpaired) electrons. The molecule has 0 spiro atoms. The number of nitrogens with zero attached hydrogens (tertiary/aromatic N) is 1. The maximum atomic E-state index is 4.22. The van der Waals surface area contributed by atoms with E-state index in [2.05, 4.69) is 53.6 Å². The van der Waals surface area contributed by atoms with Gasteiger partial charge in [0.25, 0.3) is 0 Å². The minimum Gasteiger partial charge on any atom is -0.309 e. The van der Waals surface area contributed by atoms with E-state index in [1.807, 2.05) is 12.4 Å². The molecule has 0 saturated heterocycles. The lowest BCUT2D eigenvalue weighted by Gasteiger charge is -2.05. The molecular weight excluding hydrogens is 220 g/mol. The number of hydrogen-bond acceptors (Lipinski definition) is 2. The largest absolute Gasteiger partial charge is 0.309 e. The molecule has 1 heterocycles. The highest BCUT2D eigenvalue weighted by molar-refractivity contribution is 5.28. The molecule has 1 aliphatic rings. The molecular formula is C16H18N2. The van der Waals surface area contributed by atoms with Gasteiger partial charge in [0.15, 0.2) is 0 Å². The second kappa shape index (κ2) is 4.91. The van der Waals surface area contributed by atoms with Crippen LogP contribution in [0, 0.1) is 6.92 Å². The van der Waals surface area contributed by atoms with Crippen LogP contribution in [-0.4, -0.2) is 11.0 Å². The van der Waals surface area contributed by atoms with Crippen molar-refractivity contribution >= 4 is 0 Å². The second-order valence-electron chi connectivity index (χ2n) is 5.11. The fraction of sp³-hybridized carbons (Fsp3) is 0.312. The quantitative estimate of drug-likeness (QED) is 0.885. The molecule has 2 aromatic rings. The molecule has 2 heteroatoms. The number of aryl methyl sites for hydroxylation is 1. The van der Waals surface area contributed by atoms with Gasteiger partial charge in [0.1, 0.15) is 0 Å². The first-order valence-corrected chi connectivity index (χ1v) is 6.52. The zero-order chi connectivity index (χ0) is 12.4. The molecule has 0 amide bonds. The molecule has 1 aromatic heterocycles. The molecule has 0 aliphatic heterocycles. The van der Waals surface area contributed by atoms with Crippen LogP contribution in [0.4, 0.5) is 0 Å². The van der Waals surface area contributed by atoms with Gasteiger partial charge in [-0.15, -0.1) is 0 Å². The predicted octanol–water partition coefficient (Wildman–Crippen LogP) is 3.04. The van der Waals surface area contributed by atoms with Crippen LogP contribution >= 0.6 is 0 Å². The Morgan fingerprint density at radius 3 is 2.83 bits per heavy atom. The smallest absolute Gasteiger partial charge is 0.0313 e. The molecule has 18 heavy (non-hydrogen) atoms. The molecule has 1 aliphatic carbocycles. The minimum atomic E-state index is 0.632. The monoisotopic (exact) mass is 238 g/mol. The molecule has 2 atom stereocenters. The second-order valence-corrected chi connectivity index (χ2v) is 5.11. The first-order chi connectivity index (χ1) is 8.83. The summed E-state index contributed by atoms with van der Waals surface area (Å²) in [7, 11) is 0. The molecule has 1 fully saturated rings. The fourth-order valence-electron chi connectivity index (χ4n) is 2.45. The van der Waals surface area contributed by atoms with Crippen molar-refractivity contribution in [3.63, 3.8) is 0 Å². The Hall–Kier alpha value is -1.67. The Labute approximate surface area is 108 Å². The summed E-state index contributed by atoms with van der Waals surface area (Å²) in [5, 5.41) is 3.61. The van der Waals surface area contributed by atoms with E-state index in [0.717, 1.165) is 6.54 Å². The third kappa shape index (κ3) is 2.59. The van der Waals surface area contributed by atoms with E-state index in [-0.39, 0.29) is 0 Å². The summed E-state index contributed by atoms with van der Waals surface area (Å²) in [6.07, 6.45) is 5.09. The third-order valence-electron chi connectivity index (χ3n) is 3.52. The van der Waals surface area contributed by atoms with Crippen molar-refractivity contribution in [3.8, 4) is 0 Å². The highest BCUT2D eigenvalue weighted by Crippen LogP contribution is 2.40. The molecule has 1 saturated carbocycles. The highest BCUT2D eigenvalue weighted by atomic mass is 15.0. The summed E-state index contributed by atoms with van der Waals surface area (Å²) >= 11 is 0. The molecule has 2 unspecified atom stereocenters. The number of hydrogen-bond donors (Lipinski definition) is 1. The third-order valence-corrected chi connectivity index (χ3v) is 3.52. The molecule has 92 valence electrons. The predicted molar refractivity (Wildman–Crippen MR) is 73.4 cm³/mol. The number of rotatable bonds is 4. The van der Waals surface area contributed by atoms with Crippen molar-refractivity contribution < 1.29 is 0 Å². The Morgan fingerprint density at radius 2 is 2.06 bits per heavy atom. The van der Waals surface area contributed by atoms with Crippen LogP contribution in [0.5, 0.6) is 0 Å². The van der Waals surface area contributed by atoms with E-state index >= 15 is 0 Å². The fourth-order valence-corrected chi connectivity index (χ4v) is 2.45. The number of benzene rings is 1. The highest BCUT2D eigenvalue weighted by Gasteiger charge is 2.37. The van der Waals surface area contributed by atoms with E-state index in [1.165, 1.54) is 23.1 Å². The number of aromatic nitrogens is 1. The zero-order valence-electron chi connectivity index (χ0n) is 10.6.